The van der Waals surface area contributed by atoms with Gasteiger partial charge in [-0.15, -0.1) is 0 Å². The van der Waals surface area contributed by atoms with Crippen LogP contribution in [0.1, 0.15) is 0 Å². The number of halogens is 1. The number of amides is 2. The number of carbonyl (C=O) groups excluding carboxylic acids is 1. The maximum atomic E-state index is 12.7. The summed E-state index contributed by atoms with van der Waals surface area (Å²) in [6.07, 6.45) is 5.29. The Balaban J connectivity index is 1.32. The average molecular weight is 473 g/mol. The molecule has 1 aliphatic heterocycles. The van der Waals surface area contributed by atoms with Crippen molar-refractivity contribution in [1.82, 2.24) is 14.9 Å². The molecule has 1 aliphatic rings. The summed E-state index contributed by atoms with van der Waals surface area (Å²) < 4.78 is 0. The summed E-state index contributed by atoms with van der Waals surface area (Å²) in [7, 11) is 2.14. The Labute approximate surface area is 203 Å². The van der Waals surface area contributed by atoms with E-state index in [9.17, 15) is 4.79 Å². The molecule has 1 saturated heterocycles. The molecular weight excluding hydrogens is 448 g/mol. The lowest BCUT2D eigenvalue weighted by atomic mass is 10.1. The van der Waals surface area contributed by atoms with Crippen LogP contribution >= 0.6 is 11.6 Å². The van der Waals surface area contributed by atoms with Gasteiger partial charge in [0, 0.05) is 72.8 Å². The molecule has 8 heteroatoms. The number of hydrogen-bond donors (Lipinski definition) is 2. The lowest BCUT2D eigenvalue weighted by Gasteiger charge is -2.34. The maximum Gasteiger partial charge on any atom is 0.323 e. The fourth-order valence-corrected chi connectivity index (χ4v) is 4.47. The van der Waals surface area contributed by atoms with Gasteiger partial charge in [0.25, 0.3) is 0 Å². The summed E-state index contributed by atoms with van der Waals surface area (Å²) in [6, 6.07) is 16.7. The molecular formula is C26H25ClN6O. The molecule has 2 N–H and O–H groups in total. The molecule has 0 saturated carbocycles. The van der Waals surface area contributed by atoms with Crippen molar-refractivity contribution in [3.63, 3.8) is 0 Å². The Hall–Kier alpha value is -3.68. The summed E-state index contributed by atoms with van der Waals surface area (Å²) >= 11 is 6.47. The van der Waals surface area contributed by atoms with Crippen molar-refractivity contribution in [3.8, 4) is 11.1 Å². The monoisotopic (exact) mass is 472 g/mol. The number of fused-ring (bicyclic) bond motifs is 1. The number of benzene rings is 2. The van der Waals surface area contributed by atoms with Crippen LogP contribution in [0.15, 0.2) is 73.2 Å². The lowest BCUT2D eigenvalue weighted by molar-refractivity contribution is 0.262. The predicted molar refractivity (Wildman–Crippen MR) is 139 cm³/mol. The van der Waals surface area contributed by atoms with E-state index >= 15 is 0 Å². The molecule has 0 spiro atoms. The zero-order valence-corrected chi connectivity index (χ0v) is 19.6. The Bertz CT molecular complexity index is 1320. The smallest absolute Gasteiger partial charge is 0.323 e. The molecule has 34 heavy (non-hydrogen) atoms. The number of pyridine rings is 2. The molecule has 2 aromatic carbocycles. The van der Waals surface area contributed by atoms with Crippen LogP contribution in [0.25, 0.3) is 22.0 Å². The second-order valence-electron chi connectivity index (χ2n) is 8.36. The minimum absolute atomic E-state index is 0.336. The van der Waals surface area contributed by atoms with E-state index in [2.05, 4.69) is 37.4 Å². The van der Waals surface area contributed by atoms with Crippen molar-refractivity contribution < 1.29 is 4.79 Å². The van der Waals surface area contributed by atoms with Gasteiger partial charge in [-0.25, -0.2) is 4.79 Å². The van der Waals surface area contributed by atoms with Crippen molar-refractivity contribution in [1.29, 1.82) is 0 Å². The van der Waals surface area contributed by atoms with Crippen LogP contribution in [0.2, 0.25) is 5.02 Å². The van der Waals surface area contributed by atoms with Crippen molar-refractivity contribution in [2.75, 3.05) is 48.8 Å². The number of hydrogen-bond acceptors (Lipinski definition) is 5. The molecule has 1 fully saturated rings. The fourth-order valence-electron chi connectivity index (χ4n) is 4.18. The van der Waals surface area contributed by atoms with E-state index in [1.807, 2.05) is 54.7 Å². The van der Waals surface area contributed by atoms with E-state index in [1.54, 1.807) is 18.5 Å². The van der Waals surface area contributed by atoms with Crippen LogP contribution in [-0.4, -0.2) is 54.1 Å². The van der Waals surface area contributed by atoms with E-state index in [4.69, 9.17) is 11.6 Å². The molecule has 0 aliphatic carbocycles. The molecule has 4 aromatic rings. The van der Waals surface area contributed by atoms with Crippen molar-refractivity contribution in [2.24, 2.45) is 0 Å². The number of anilines is 3. The van der Waals surface area contributed by atoms with E-state index in [-0.39, 0.29) is 6.03 Å². The number of nitrogens with one attached hydrogen (secondary N) is 2. The summed E-state index contributed by atoms with van der Waals surface area (Å²) in [5.41, 5.74) is 5.21. The molecule has 2 aromatic heterocycles. The van der Waals surface area contributed by atoms with Gasteiger partial charge in [-0.2, -0.15) is 0 Å². The predicted octanol–water partition coefficient (Wildman–Crippen LogP) is 5.35. The first-order valence-corrected chi connectivity index (χ1v) is 11.5. The molecule has 0 radical (unpaired) electrons. The minimum atomic E-state index is -0.336. The summed E-state index contributed by atoms with van der Waals surface area (Å²) in [5.74, 6) is 0. The number of piperazine rings is 1. The zero-order valence-electron chi connectivity index (χ0n) is 18.8. The van der Waals surface area contributed by atoms with Gasteiger partial charge in [0.05, 0.1) is 10.5 Å². The first-order chi connectivity index (χ1) is 16.6. The number of carbonyl (C=O) groups is 1. The second kappa shape index (κ2) is 9.67. The molecule has 0 atom stereocenters. The van der Waals surface area contributed by atoms with Crippen molar-refractivity contribution in [3.05, 3.63) is 78.2 Å². The summed E-state index contributed by atoms with van der Waals surface area (Å²) in [6.45, 7) is 3.97. The Kier molecular flexibility index (Phi) is 6.29. The van der Waals surface area contributed by atoms with E-state index < -0.39 is 0 Å². The van der Waals surface area contributed by atoms with Crippen LogP contribution < -0.4 is 15.5 Å². The van der Waals surface area contributed by atoms with Crippen molar-refractivity contribution in [2.45, 2.75) is 0 Å². The van der Waals surface area contributed by atoms with Gasteiger partial charge in [-0.1, -0.05) is 17.7 Å². The maximum absolute atomic E-state index is 12.7. The third-order valence-electron chi connectivity index (χ3n) is 6.04. The summed E-state index contributed by atoms with van der Waals surface area (Å²) in [5, 5.41) is 7.37. The highest BCUT2D eigenvalue weighted by Gasteiger charge is 2.17. The van der Waals surface area contributed by atoms with Gasteiger partial charge in [-0.3, -0.25) is 9.97 Å². The van der Waals surface area contributed by atoms with Crippen LogP contribution in [0.4, 0.5) is 21.9 Å². The standard InChI is InChI=1S/C26H25ClN6O/c1-32-12-14-33(15-13-32)25-8-11-29-24-5-3-19(16-22(24)25)30-26(34)31-20-2-4-21(23(27)17-20)18-6-9-28-10-7-18/h2-11,16-17H,12-15H2,1H3,(H2,30,31,34). The third kappa shape index (κ3) is 4.81. The molecule has 0 bridgehead atoms. The normalized spacial score (nSPS) is 14.2. The molecule has 5 rings (SSSR count). The number of urea groups is 1. The van der Waals surface area contributed by atoms with E-state index in [1.165, 1.54) is 0 Å². The molecule has 3 heterocycles. The van der Waals surface area contributed by atoms with Gasteiger partial charge in [0.2, 0.25) is 0 Å². The van der Waals surface area contributed by atoms with Gasteiger partial charge in [0.1, 0.15) is 0 Å². The number of aromatic nitrogens is 2. The highest BCUT2D eigenvalue weighted by molar-refractivity contribution is 6.33. The van der Waals surface area contributed by atoms with Gasteiger partial charge in [0.15, 0.2) is 0 Å². The van der Waals surface area contributed by atoms with E-state index in [0.29, 0.717) is 16.4 Å². The van der Waals surface area contributed by atoms with Crippen LogP contribution in [0.3, 0.4) is 0 Å². The van der Waals surface area contributed by atoms with Crippen LogP contribution in [0, 0.1) is 0 Å². The number of rotatable bonds is 4. The SMILES string of the molecule is CN1CCN(c2ccnc3ccc(NC(=O)Nc4ccc(-c5ccncc5)c(Cl)c4)cc23)CC1. The topological polar surface area (TPSA) is 73.4 Å². The van der Waals surface area contributed by atoms with Gasteiger partial charge in [-0.05, 0) is 61.1 Å². The Morgan fingerprint density at radius 3 is 2.32 bits per heavy atom. The average Bonchev–Trinajstić information content (AvgIpc) is 2.85. The van der Waals surface area contributed by atoms with Crippen LogP contribution in [0.5, 0.6) is 0 Å². The third-order valence-corrected chi connectivity index (χ3v) is 6.35. The molecule has 7 nitrogen and oxygen atoms in total. The zero-order chi connectivity index (χ0) is 23.5. The minimum Gasteiger partial charge on any atom is -0.368 e. The second-order valence-corrected chi connectivity index (χ2v) is 8.77. The quantitative estimate of drug-likeness (QED) is 0.419. The van der Waals surface area contributed by atoms with Gasteiger partial charge < -0.3 is 20.4 Å². The first kappa shape index (κ1) is 22.1. The highest BCUT2D eigenvalue weighted by atomic mass is 35.5. The number of likely N-dealkylation sites (N-methyl/N-ethyl adjacent to an activating group) is 1. The number of nitrogens with zero attached hydrogens (tertiary/aromatic N) is 4. The van der Waals surface area contributed by atoms with Gasteiger partial charge >= 0.3 is 6.03 Å². The molecule has 0 unspecified atom stereocenters. The van der Waals surface area contributed by atoms with Crippen LogP contribution in [-0.2, 0) is 0 Å². The largest absolute Gasteiger partial charge is 0.368 e. The molecule has 172 valence electrons. The highest BCUT2D eigenvalue weighted by Crippen LogP contribution is 2.31. The lowest BCUT2D eigenvalue weighted by Crippen LogP contribution is -2.44. The molecule has 2 amide bonds. The Morgan fingerprint density at radius 1 is 0.882 bits per heavy atom. The fraction of sp³-hybridized carbons (Fsp3) is 0.192. The van der Waals surface area contributed by atoms with E-state index in [0.717, 1.165) is 53.9 Å². The first-order valence-electron chi connectivity index (χ1n) is 11.2. The summed E-state index contributed by atoms with van der Waals surface area (Å²) in [4.78, 5) is 25.9. The Morgan fingerprint density at radius 2 is 1.59 bits per heavy atom. The van der Waals surface area contributed by atoms with Crippen molar-refractivity contribution >= 4 is 45.6 Å².